The van der Waals surface area contributed by atoms with Crippen molar-refractivity contribution in [3.8, 4) is 0 Å². The van der Waals surface area contributed by atoms with Crippen LogP contribution < -0.4 is 4.90 Å². The van der Waals surface area contributed by atoms with Crippen molar-refractivity contribution in [2.75, 3.05) is 64.9 Å². The van der Waals surface area contributed by atoms with Gasteiger partial charge in [0, 0.05) is 63.6 Å². The number of pyridine rings is 2. The van der Waals surface area contributed by atoms with E-state index in [0.29, 0.717) is 19.2 Å². The summed E-state index contributed by atoms with van der Waals surface area (Å²) in [6, 6.07) is 15.5. The molecule has 192 valence electrons. The number of hydrogen-bond acceptors (Lipinski definition) is 7. The molecule has 2 fully saturated rings. The van der Waals surface area contributed by atoms with E-state index >= 15 is 0 Å². The highest BCUT2D eigenvalue weighted by molar-refractivity contribution is 6.32. The first-order valence-corrected chi connectivity index (χ1v) is 13.5. The third-order valence-corrected chi connectivity index (χ3v) is 7.99. The standard InChI is InChI=1S/C30H36N6O/c1-34-14-16-36(17-15-34)24-9-12-35(13-10-24)25-19-29-28(32-20-25)7-6-27(33-29)26-8-11-31-30(26)23-5-3-4-22(18-23)21-37-2/h3-8,18-20,24H,9-17,21H2,1-2H3. The number of fused-ring (bicyclic) bond motifs is 1. The molecule has 0 spiro atoms. The lowest BCUT2D eigenvalue weighted by Gasteiger charge is -2.42. The Hall–Kier alpha value is -3.13. The number of piperidine rings is 1. The molecule has 37 heavy (non-hydrogen) atoms. The van der Waals surface area contributed by atoms with Gasteiger partial charge in [-0.05, 0) is 49.7 Å². The number of piperazine rings is 1. The van der Waals surface area contributed by atoms with E-state index in [-0.39, 0.29) is 0 Å². The summed E-state index contributed by atoms with van der Waals surface area (Å²) >= 11 is 0. The van der Waals surface area contributed by atoms with E-state index in [9.17, 15) is 0 Å². The molecular weight excluding hydrogens is 460 g/mol. The lowest BCUT2D eigenvalue weighted by molar-refractivity contribution is 0.0982. The van der Waals surface area contributed by atoms with E-state index in [2.05, 4.69) is 70.3 Å². The summed E-state index contributed by atoms with van der Waals surface area (Å²) in [5.41, 5.74) is 8.34. The van der Waals surface area contributed by atoms with Crippen LogP contribution in [0, 0.1) is 0 Å². The zero-order valence-corrected chi connectivity index (χ0v) is 21.9. The van der Waals surface area contributed by atoms with Crippen LogP contribution in [0.25, 0.3) is 16.6 Å². The predicted octanol–water partition coefficient (Wildman–Crippen LogP) is 3.88. The molecule has 2 aromatic heterocycles. The van der Waals surface area contributed by atoms with Gasteiger partial charge in [-0.3, -0.25) is 14.9 Å². The second-order valence-corrected chi connectivity index (χ2v) is 10.4. The van der Waals surface area contributed by atoms with E-state index in [4.69, 9.17) is 19.7 Å². The second-order valence-electron chi connectivity index (χ2n) is 10.4. The van der Waals surface area contributed by atoms with Crippen molar-refractivity contribution in [1.29, 1.82) is 0 Å². The molecule has 7 nitrogen and oxygen atoms in total. The monoisotopic (exact) mass is 496 g/mol. The highest BCUT2D eigenvalue weighted by Crippen LogP contribution is 2.28. The van der Waals surface area contributed by atoms with Gasteiger partial charge in [-0.25, -0.2) is 4.98 Å². The maximum absolute atomic E-state index is 5.33. The molecular formula is C30H36N6O. The number of aliphatic imine (C=N–C) groups is 1. The van der Waals surface area contributed by atoms with E-state index in [0.717, 1.165) is 52.2 Å². The van der Waals surface area contributed by atoms with Crippen LogP contribution in [0.3, 0.4) is 0 Å². The first kappa shape index (κ1) is 24.2. The molecule has 5 heterocycles. The number of ether oxygens (including phenoxy) is 1. The Bertz CT molecular complexity index is 1320. The summed E-state index contributed by atoms with van der Waals surface area (Å²) in [5, 5.41) is 0. The summed E-state index contributed by atoms with van der Waals surface area (Å²) in [7, 11) is 3.95. The van der Waals surface area contributed by atoms with Crippen molar-refractivity contribution in [2.24, 2.45) is 4.99 Å². The van der Waals surface area contributed by atoms with Gasteiger partial charge in [0.05, 0.1) is 47.5 Å². The fourth-order valence-electron chi connectivity index (χ4n) is 5.85. The quantitative estimate of drug-likeness (QED) is 0.516. The highest BCUT2D eigenvalue weighted by Gasteiger charge is 2.27. The Kier molecular flexibility index (Phi) is 7.00. The molecule has 0 radical (unpaired) electrons. The molecule has 0 saturated carbocycles. The molecule has 0 unspecified atom stereocenters. The van der Waals surface area contributed by atoms with Crippen LogP contribution in [0.2, 0.25) is 0 Å². The Morgan fingerprint density at radius 1 is 0.946 bits per heavy atom. The molecule has 6 rings (SSSR count). The number of methoxy groups -OCH3 is 1. The normalized spacial score (nSPS) is 19.9. The van der Waals surface area contributed by atoms with Crippen LogP contribution in [-0.2, 0) is 11.3 Å². The van der Waals surface area contributed by atoms with Gasteiger partial charge in [0.2, 0.25) is 0 Å². The van der Waals surface area contributed by atoms with Crippen LogP contribution in [0.5, 0.6) is 0 Å². The summed E-state index contributed by atoms with van der Waals surface area (Å²) < 4.78 is 5.33. The highest BCUT2D eigenvalue weighted by atomic mass is 16.5. The van der Waals surface area contributed by atoms with Gasteiger partial charge < -0.3 is 14.5 Å². The zero-order valence-electron chi connectivity index (χ0n) is 21.9. The SMILES string of the molecule is COCc1cccc(C2=NCC=C2c2ccc3ncc(N4CCC(N5CCN(C)CC5)CC4)cc3n2)c1. The Morgan fingerprint density at radius 3 is 2.59 bits per heavy atom. The molecule has 7 heteroatoms. The zero-order chi connectivity index (χ0) is 25.2. The van der Waals surface area contributed by atoms with Gasteiger partial charge in [-0.15, -0.1) is 0 Å². The number of aromatic nitrogens is 2. The van der Waals surface area contributed by atoms with Crippen molar-refractivity contribution in [1.82, 2.24) is 19.8 Å². The third-order valence-electron chi connectivity index (χ3n) is 7.99. The summed E-state index contributed by atoms with van der Waals surface area (Å²) in [6.45, 7) is 8.18. The van der Waals surface area contributed by atoms with Crippen LogP contribution in [0.1, 0.15) is 29.7 Å². The van der Waals surface area contributed by atoms with Crippen LogP contribution in [0.4, 0.5) is 5.69 Å². The van der Waals surface area contributed by atoms with Crippen molar-refractivity contribution < 1.29 is 4.74 Å². The molecule has 1 aromatic carbocycles. The molecule has 0 N–H and O–H groups in total. The van der Waals surface area contributed by atoms with E-state index in [1.165, 1.54) is 44.7 Å². The average Bonchev–Trinajstić information content (AvgIpc) is 3.44. The molecule has 3 aromatic rings. The van der Waals surface area contributed by atoms with Gasteiger partial charge in [-0.2, -0.15) is 0 Å². The number of anilines is 1. The van der Waals surface area contributed by atoms with Gasteiger partial charge in [0.1, 0.15) is 0 Å². The van der Waals surface area contributed by atoms with Gasteiger partial charge in [0.15, 0.2) is 0 Å². The Morgan fingerprint density at radius 2 is 1.78 bits per heavy atom. The van der Waals surface area contributed by atoms with Crippen molar-refractivity contribution in [3.05, 3.63) is 71.6 Å². The summed E-state index contributed by atoms with van der Waals surface area (Å²) in [6.07, 6.45) is 6.62. The van der Waals surface area contributed by atoms with E-state index in [1.54, 1.807) is 7.11 Å². The largest absolute Gasteiger partial charge is 0.380 e. The summed E-state index contributed by atoms with van der Waals surface area (Å²) in [5.74, 6) is 0. The van der Waals surface area contributed by atoms with Crippen LogP contribution in [-0.4, -0.2) is 91.5 Å². The fraction of sp³-hybridized carbons (Fsp3) is 0.433. The van der Waals surface area contributed by atoms with Crippen molar-refractivity contribution >= 4 is 28.0 Å². The Balaban J connectivity index is 1.19. The Labute approximate surface area is 219 Å². The molecule has 3 aliphatic heterocycles. The number of hydrogen-bond donors (Lipinski definition) is 0. The van der Waals surface area contributed by atoms with Crippen LogP contribution in [0.15, 0.2) is 59.7 Å². The topological polar surface area (TPSA) is 57.1 Å². The first-order valence-electron chi connectivity index (χ1n) is 13.5. The van der Waals surface area contributed by atoms with Gasteiger partial charge in [-0.1, -0.05) is 24.3 Å². The maximum atomic E-state index is 5.33. The molecule has 3 aliphatic rings. The third kappa shape index (κ3) is 5.17. The molecule has 0 amide bonds. The lowest BCUT2D eigenvalue weighted by atomic mass is 9.98. The maximum Gasteiger partial charge on any atom is 0.0914 e. The first-order chi connectivity index (χ1) is 18.2. The van der Waals surface area contributed by atoms with Crippen molar-refractivity contribution in [3.63, 3.8) is 0 Å². The molecule has 2 saturated heterocycles. The number of benzene rings is 1. The molecule has 0 aliphatic carbocycles. The number of nitrogens with zero attached hydrogens (tertiary/aromatic N) is 6. The number of allylic oxidation sites excluding steroid dienone is 1. The minimum Gasteiger partial charge on any atom is -0.380 e. The van der Waals surface area contributed by atoms with Gasteiger partial charge in [0.25, 0.3) is 0 Å². The van der Waals surface area contributed by atoms with E-state index in [1.807, 2.05) is 6.20 Å². The molecule has 0 bridgehead atoms. The smallest absolute Gasteiger partial charge is 0.0914 e. The molecule has 0 atom stereocenters. The summed E-state index contributed by atoms with van der Waals surface area (Å²) in [4.78, 5) is 22.2. The second kappa shape index (κ2) is 10.7. The minimum atomic E-state index is 0.593. The van der Waals surface area contributed by atoms with Crippen molar-refractivity contribution in [2.45, 2.75) is 25.5 Å². The fourth-order valence-corrected chi connectivity index (χ4v) is 5.85. The number of rotatable bonds is 6. The average molecular weight is 497 g/mol. The lowest BCUT2D eigenvalue weighted by Crippen LogP contribution is -2.52. The number of likely N-dealkylation sites (N-methyl/N-ethyl adjacent to an activating group) is 1. The predicted molar refractivity (Wildman–Crippen MR) is 150 cm³/mol. The minimum absolute atomic E-state index is 0.593. The van der Waals surface area contributed by atoms with Gasteiger partial charge >= 0.3 is 0 Å². The van der Waals surface area contributed by atoms with E-state index < -0.39 is 0 Å². The van der Waals surface area contributed by atoms with Crippen LogP contribution >= 0.6 is 0 Å².